The number of hydrogen-bond acceptors (Lipinski definition) is 4. The number of anilines is 1. The monoisotopic (exact) mass is 350 g/mol. The number of carbonyl (C=O) groups excluding carboxylic acids is 1. The molecule has 0 radical (unpaired) electrons. The summed E-state index contributed by atoms with van der Waals surface area (Å²) < 4.78 is 3.76. The Hall–Kier alpha value is -3.22. The van der Waals surface area contributed by atoms with Gasteiger partial charge in [0.1, 0.15) is 6.33 Å². The number of hydrogen-bond donors (Lipinski definition) is 1. The van der Waals surface area contributed by atoms with Crippen LogP contribution in [0.2, 0.25) is 0 Å². The summed E-state index contributed by atoms with van der Waals surface area (Å²) in [5.41, 5.74) is 4.50. The highest BCUT2D eigenvalue weighted by molar-refractivity contribution is 6.02. The first-order valence-corrected chi connectivity index (χ1v) is 8.47. The molecule has 134 valence electrons. The minimum Gasteiger partial charge on any atom is -0.322 e. The van der Waals surface area contributed by atoms with E-state index in [2.05, 4.69) is 20.6 Å². The molecule has 0 aliphatic carbocycles. The Bertz CT molecular complexity index is 966. The Morgan fingerprint density at radius 3 is 2.81 bits per heavy atom. The van der Waals surface area contributed by atoms with Crippen molar-refractivity contribution in [2.75, 3.05) is 5.32 Å². The summed E-state index contributed by atoms with van der Waals surface area (Å²) in [5.74, 6) is 0.586. The van der Waals surface area contributed by atoms with Crippen LogP contribution in [0.25, 0.3) is 17.5 Å². The number of rotatable bonds is 5. The van der Waals surface area contributed by atoms with Crippen molar-refractivity contribution in [3.05, 3.63) is 53.6 Å². The fraction of sp³-hybridized carbons (Fsp3) is 0.263. The quantitative estimate of drug-likeness (QED) is 0.718. The van der Waals surface area contributed by atoms with Crippen LogP contribution in [-0.2, 0) is 18.4 Å². The van der Waals surface area contributed by atoms with Gasteiger partial charge in [0.05, 0.1) is 5.69 Å². The molecular formula is C19H22N6O. The smallest absolute Gasteiger partial charge is 0.248 e. The van der Waals surface area contributed by atoms with Gasteiger partial charge >= 0.3 is 0 Å². The fourth-order valence-corrected chi connectivity index (χ4v) is 2.82. The van der Waals surface area contributed by atoms with Crippen LogP contribution >= 0.6 is 0 Å². The topological polar surface area (TPSA) is 77.6 Å². The molecule has 2 aromatic heterocycles. The average Bonchev–Trinajstić information content (AvgIpc) is 3.19. The van der Waals surface area contributed by atoms with Crippen LogP contribution in [0.5, 0.6) is 0 Å². The van der Waals surface area contributed by atoms with Crippen molar-refractivity contribution in [3.8, 4) is 11.4 Å². The highest BCUT2D eigenvalue weighted by Crippen LogP contribution is 2.21. The van der Waals surface area contributed by atoms with Crippen molar-refractivity contribution >= 4 is 17.7 Å². The Morgan fingerprint density at radius 1 is 1.31 bits per heavy atom. The highest BCUT2D eigenvalue weighted by atomic mass is 16.1. The van der Waals surface area contributed by atoms with Gasteiger partial charge in [-0.3, -0.25) is 9.48 Å². The van der Waals surface area contributed by atoms with Crippen molar-refractivity contribution in [2.45, 2.75) is 27.3 Å². The van der Waals surface area contributed by atoms with Gasteiger partial charge in [0.2, 0.25) is 5.91 Å². The second-order valence-corrected chi connectivity index (χ2v) is 6.05. The van der Waals surface area contributed by atoms with Gasteiger partial charge in [-0.25, -0.2) is 0 Å². The summed E-state index contributed by atoms with van der Waals surface area (Å²) in [6.45, 7) is 6.72. The van der Waals surface area contributed by atoms with Gasteiger partial charge in [0.25, 0.3) is 0 Å². The second kappa shape index (κ2) is 7.35. The summed E-state index contributed by atoms with van der Waals surface area (Å²) in [6, 6.07) is 7.58. The number of carbonyl (C=O) groups is 1. The van der Waals surface area contributed by atoms with E-state index in [9.17, 15) is 4.79 Å². The van der Waals surface area contributed by atoms with Gasteiger partial charge < -0.3 is 9.88 Å². The molecule has 26 heavy (non-hydrogen) atoms. The molecule has 7 heteroatoms. The molecule has 0 saturated carbocycles. The lowest BCUT2D eigenvalue weighted by molar-refractivity contribution is -0.111. The highest BCUT2D eigenvalue weighted by Gasteiger charge is 2.09. The minimum atomic E-state index is -0.193. The van der Waals surface area contributed by atoms with Crippen molar-refractivity contribution in [3.63, 3.8) is 0 Å². The molecule has 1 N–H and O–H groups in total. The molecule has 0 aliphatic rings. The predicted octanol–water partition coefficient (Wildman–Crippen LogP) is 2.97. The molecule has 0 saturated heterocycles. The molecule has 0 fully saturated rings. The van der Waals surface area contributed by atoms with E-state index < -0.39 is 0 Å². The van der Waals surface area contributed by atoms with Gasteiger partial charge in [-0.05, 0) is 39.0 Å². The van der Waals surface area contributed by atoms with E-state index >= 15 is 0 Å². The zero-order valence-electron chi connectivity index (χ0n) is 15.4. The zero-order valence-corrected chi connectivity index (χ0v) is 15.4. The second-order valence-electron chi connectivity index (χ2n) is 6.05. The Labute approximate surface area is 152 Å². The van der Waals surface area contributed by atoms with Crippen LogP contribution in [0.3, 0.4) is 0 Å². The Balaban J connectivity index is 1.76. The van der Waals surface area contributed by atoms with E-state index in [0.29, 0.717) is 5.69 Å². The molecule has 3 rings (SSSR count). The third-order valence-corrected chi connectivity index (χ3v) is 4.31. The molecule has 0 aliphatic heterocycles. The molecule has 0 spiro atoms. The van der Waals surface area contributed by atoms with Crippen LogP contribution in [0.4, 0.5) is 5.69 Å². The maximum atomic E-state index is 12.3. The SMILES string of the molecule is CCn1cnnc1-c1cccc(NC(=O)/C=C/c2c(C)nn(C)c2C)c1. The van der Waals surface area contributed by atoms with Crippen LogP contribution in [0.1, 0.15) is 23.9 Å². The first-order valence-electron chi connectivity index (χ1n) is 8.47. The average molecular weight is 350 g/mol. The van der Waals surface area contributed by atoms with Gasteiger partial charge in [-0.2, -0.15) is 5.10 Å². The Morgan fingerprint density at radius 2 is 2.12 bits per heavy atom. The first kappa shape index (κ1) is 17.6. The third kappa shape index (κ3) is 3.56. The molecule has 0 atom stereocenters. The summed E-state index contributed by atoms with van der Waals surface area (Å²) in [5, 5.41) is 15.3. The van der Waals surface area contributed by atoms with Crippen LogP contribution in [-0.4, -0.2) is 30.5 Å². The van der Waals surface area contributed by atoms with E-state index in [4.69, 9.17) is 0 Å². The summed E-state index contributed by atoms with van der Waals surface area (Å²) in [6.07, 6.45) is 5.02. The largest absolute Gasteiger partial charge is 0.322 e. The third-order valence-electron chi connectivity index (χ3n) is 4.31. The first-order chi connectivity index (χ1) is 12.5. The standard InChI is InChI=1S/C19H22N6O/c1-5-25-12-20-22-19(25)15-7-6-8-16(11-15)21-18(26)10-9-17-13(2)23-24(4)14(17)3/h6-12H,5H2,1-4H3,(H,21,26)/b10-9+. The molecular weight excluding hydrogens is 328 g/mol. The molecule has 1 amide bonds. The molecule has 2 heterocycles. The van der Waals surface area contributed by atoms with Gasteiger partial charge in [-0.15, -0.1) is 10.2 Å². The van der Waals surface area contributed by atoms with E-state index in [0.717, 1.165) is 34.9 Å². The minimum absolute atomic E-state index is 0.193. The normalized spacial score (nSPS) is 11.2. The van der Waals surface area contributed by atoms with Crippen molar-refractivity contribution < 1.29 is 4.79 Å². The van der Waals surface area contributed by atoms with Crippen molar-refractivity contribution in [1.82, 2.24) is 24.5 Å². The summed E-state index contributed by atoms with van der Waals surface area (Å²) >= 11 is 0. The summed E-state index contributed by atoms with van der Waals surface area (Å²) in [7, 11) is 1.89. The molecule has 0 unspecified atom stereocenters. The van der Waals surface area contributed by atoms with Crippen molar-refractivity contribution in [2.24, 2.45) is 7.05 Å². The molecule has 7 nitrogen and oxygen atoms in total. The Kier molecular flexibility index (Phi) is 4.97. The summed E-state index contributed by atoms with van der Waals surface area (Å²) in [4.78, 5) is 12.3. The lowest BCUT2D eigenvalue weighted by Crippen LogP contribution is -2.08. The number of benzene rings is 1. The van der Waals surface area contributed by atoms with Gasteiger partial charge in [0.15, 0.2) is 5.82 Å². The van der Waals surface area contributed by atoms with E-state index in [1.165, 1.54) is 6.08 Å². The maximum absolute atomic E-state index is 12.3. The number of aromatic nitrogens is 5. The fourth-order valence-electron chi connectivity index (χ4n) is 2.82. The van der Waals surface area contributed by atoms with E-state index in [1.807, 2.05) is 56.7 Å². The molecule has 3 aromatic rings. The van der Waals surface area contributed by atoms with Crippen LogP contribution in [0.15, 0.2) is 36.7 Å². The molecule has 0 bridgehead atoms. The number of nitrogens with zero attached hydrogens (tertiary/aromatic N) is 5. The lowest BCUT2D eigenvalue weighted by atomic mass is 10.1. The maximum Gasteiger partial charge on any atom is 0.248 e. The molecule has 1 aromatic carbocycles. The van der Waals surface area contributed by atoms with Gasteiger partial charge in [0, 0.05) is 42.2 Å². The van der Waals surface area contributed by atoms with E-state index in [1.54, 1.807) is 17.1 Å². The van der Waals surface area contributed by atoms with Crippen LogP contribution < -0.4 is 5.32 Å². The van der Waals surface area contributed by atoms with Crippen LogP contribution in [0, 0.1) is 13.8 Å². The number of amides is 1. The predicted molar refractivity (Wildman–Crippen MR) is 101 cm³/mol. The van der Waals surface area contributed by atoms with Gasteiger partial charge in [-0.1, -0.05) is 12.1 Å². The number of nitrogens with one attached hydrogen (secondary N) is 1. The lowest BCUT2D eigenvalue weighted by Gasteiger charge is -2.06. The zero-order chi connectivity index (χ0) is 18.7. The van der Waals surface area contributed by atoms with Crippen molar-refractivity contribution in [1.29, 1.82) is 0 Å². The number of aryl methyl sites for hydroxylation is 3. The van der Waals surface area contributed by atoms with E-state index in [-0.39, 0.29) is 5.91 Å².